The largest absolute Gasteiger partial charge is 0.423 e. The number of ether oxygens (including phenoxy) is 1. The summed E-state index contributed by atoms with van der Waals surface area (Å²) in [7, 11) is 0. The fourth-order valence-electron chi connectivity index (χ4n) is 1.96. The molecule has 0 aliphatic carbocycles. The highest BCUT2D eigenvalue weighted by molar-refractivity contribution is 5.75. The van der Waals surface area contributed by atoms with Gasteiger partial charge in [0.2, 0.25) is 0 Å². The van der Waals surface area contributed by atoms with E-state index in [1.807, 2.05) is 42.5 Å². The van der Waals surface area contributed by atoms with Gasteiger partial charge >= 0.3 is 6.01 Å². The minimum Gasteiger partial charge on any atom is -0.423 e. The fraction of sp³-hybridized carbons (Fsp3) is 0. The predicted octanol–water partition coefficient (Wildman–Crippen LogP) is 2.46. The topological polar surface area (TPSA) is 65.2 Å². The van der Waals surface area contributed by atoms with E-state index in [1.165, 1.54) is 0 Å². The van der Waals surface area contributed by atoms with E-state index in [9.17, 15) is 0 Å². The number of hydrogen-bond acceptors (Lipinski definition) is 5. The highest BCUT2D eigenvalue weighted by Crippen LogP contribution is 2.19. The van der Waals surface area contributed by atoms with Gasteiger partial charge in [-0.1, -0.05) is 18.2 Å². The second-order valence-corrected chi connectivity index (χ2v) is 4.20. The van der Waals surface area contributed by atoms with Crippen molar-refractivity contribution >= 4 is 16.8 Å². The third-order valence-electron chi connectivity index (χ3n) is 2.86. The van der Waals surface area contributed by atoms with Crippen LogP contribution in [0, 0.1) is 0 Å². The lowest BCUT2D eigenvalue weighted by Gasteiger charge is -1.98. The van der Waals surface area contributed by atoms with Crippen LogP contribution in [0.5, 0.6) is 11.8 Å². The van der Waals surface area contributed by atoms with E-state index in [-0.39, 0.29) is 6.01 Å². The number of benzene rings is 1. The first-order valence-electron chi connectivity index (χ1n) is 6.09. The lowest BCUT2D eigenvalue weighted by molar-refractivity contribution is 0.443. The molecule has 0 unspecified atom stereocenters. The summed E-state index contributed by atoms with van der Waals surface area (Å²) in [5.74, 6) is 1.14. The Bertz CT molecular complexity index is 888. The molecule has 0 saturated heterocycles. The summed E-state index contributed by atoms with van der Waals surface area (Å²) in [6, 6.07) is 13.4. The Hall–Kier alpha value is -3.02. The quantitative estimate of drug-likeness (QED) is 0.556. The molecule has 4 rings (SSSR count). The van der Waals surface area contributed by atoms with Gasteiger partial charge in [0, 0.05) is 17.8 Å². The van der Waals surface area contributed by atoms with Gasteiger partial charge in [-0.15, -0.1) is 5.10 Å². The van der Waals surface area contributed by atoms with Crippen molar-refractivity contribution in [3.8, 4) is 11.8 Å². The number of pyridine rings is 1. The third-order valence-corrected chi connectivity index (χ3v) is 2.86. The molecule has 3 aromatic heterocycles. The second-order valence-electron chi connectivity index (χ2n) is 4.20. The van der Waals surface area contributed by atoms with Gasteiger partial charge < -0.3 is 4.74 Å². The van der Waals surface area contributed by atoms with Crippen LogP contribution < -0.4 is 4.74 Å². The normalized spacial score (nSPS) is 11.0. The summed E-state index contributed by atoms with van der Waals surface area (Å²) in [6.45, 7) is 0. The molecule has 0 N–H and O–H groups in total. The molecule has 3 heterocycles. The molecule has 0 amide bonds. The van der Waals surface area contributed by atoms with Crippen molar-refractivity contribution in [1.29, 1.82) is 0 Å². The summed E-state index contributed by atoms with van der Waals surface area (Å²) >= 11 is 0. The fourth-order valence-corrected chi connectivity index (χ4v) is 1.96. The minimum absolute atomic E-state index is 0.252. The Morgan fingerprint density at radius 1 is 0.950 bits per heavy atom. The number of para-hydroxylation sites is 1. The number of fused-ring (bicyclic) bond motifs is 3. The van der Waals surface area contributed by atoms with E-state index in [0.717, 1.165) is 5.39 Å². The molecule has 96 valence electrons. The molecule has 0 spiro atoms. The highest BCUT2D eigenvalue weighted by atomic mass is 16.5. The summed E-state index contributed by atoms with van der Waals surface area (Å²) in [5.41, 5.74) is 0.702. The van der Waals surface area contributed by atoms with Gasteiger partial charge in [-0.3, -0.25) is 0 Å². The summed E-state index contributed by atoms with van der Waals surface area (Å²) < 4.78 is 7.18. The van der Waals surface area contributed by atoms with Crippen molar-refractivity contribution in [3.63, 3.8) is 0 Å². The molecule has 0 radical (unpaired) electrons. The van der Waals surface area contributed by atoms with Crippen molar-refractivity contribution in [2.24, 2.45) is 0 Å². The molecule has 0 fully saturated rings. The molecule has 6 heteroatoms. The molecule has 1 aromatic carbocycles. The standard InChI is InChI=1S/C14H9N5O/c1-2-6-11(7-3-1)20-14-17-13-16-9-10-5-4-8-15-12(10)19(13)18-14/h1-9H. The van der Waals surface area contributed by atoms with E-state index in [4.69, 9.17) is 4.74 Å². The monoisotopic (exact) mass is 263 g/mol. The van der Waals surface area contributed by atoms with Crippen molar-refractivity contribution in [3.05, 3.63) is 54.9 Å². The van der Waals surface area contributed by atoms with Crippen LogP contribution in [0.4, 0.5) is 0 Å². The zero-order valence-electron chi connectivity index (χ0n) is 10.3. The van der Waals surface area contributed by atoms with Crippen molar-refractivity contribution in [1.82, 2.24) is 24.6 Å². The molecule has 20 heavy (non-hydrogen) atoms. The van der Waals surface area contributed by atoms with Gasteiger partial charge in [0.15, 0.2) is 5.65 Å². The number of aromatic nitrogens is 5. The Kier molecular flexibility index (Phi) is 2.32. The van der Waals surface area contributed by atoms with Crippen molar-refractivity contribution < 1.29 is 4.74 Å². The van der Waals surface area contributed by atoms with Crippen LogP contribution >= 0.6 is 0 Å². The summed E-state index contributed by atoms with van der Waals surface area (Å²) in [4.78, 5) is 12.8. The average Bonchev–Trinajstić information content (AvgIpc) is 2.91. The van der Waals surface area contributed by atoms with Gasteiger partial charge in [-0.05, 0) is 24.3 Å². The van der Waals surface area contributed by atoms with E-state index in [2.05, 4.69) is 20.1 Å². The predicted molar refractivity (Wildman–Crippen MR) is 72.6 cm³/mol. The SMILES string of the molecule is c1ccc(Oc2nc3ncc4cccnc4n3n2)cc1. The second kappa shape index (κ2) is 4.27. The van der Waals surface area contributed by atoms with Gasteiger partial charge in [0.25, 0.3) is 5.78 Å². The average molecular weight is 263 g/mol. The first kappa shape index (κ1) is 10.9. The van der Waals surface area contributed by atoms with Gasteiger partial charge in [0.1, 0.15) is 5.75 Å². The molecule has 0 aliphatic heterocycles. The summed E-state index contributed by atoms with van der Waals surface area (Å²) in [6.07, 6.45) is 3.43. The maximum atomic E-state index is 5.60. The van der Waals surface area contributed by atoms with Crippen LogP contribution in [-0.2, 0) is 0 Å². The van der Waals surface area contributed by atoms with Gasteiger partial charge in [-0.2, -0.15) is 9.50 Å². The van der Waals surface area contributed by atoms with Crippen LogP contribution in [0.3, 0.4) is 0 Å². The first-order valence-corrected chi connectivity index (χ1v) is 6.09. The lowest BCUT2D eigenvalue weighted by Crippen LogP contribution is -1.95. The van der Waals surface area contributed by atoms with Gasteiger partial charge in [0.05, 0.1) is 0 Å². The van der Waals surface area contributed by atoms with E-state index in [0.29, 0.717) is 17.2 Å². The molecular formula is C14H9N5O. The molecule has 6 nitrogen and oxygen atoms in total. The zero-order chi connectivity index (χ0) is 13.4. The zero-order valence-corrected chi connectivity index (χ0v) is 10.3. The first-order chi connectivity index (χ1) is 9.90. The molecule has 0 bridgehead atoms. The molecule has 0 aliphatic rings. The van der Waals surface area contributed by atoms with Crippen molar-refractivity contribution in [2.75, 3.05) is 0 Å². The van der Waals surface area contributed by atoms with Gasteiger partial charge in [-0.25, -0.2) is 9.97 Å². The minimum atomic E-state index is 0.252. The van der Waals surface area contributed by atoms with Crippen molar-refractivity contribution in [2.45, 2.75) is 0 Å². The maximum Gasteiger partial charge on any atom is 0.343 e. The van der Waals surface area contributed by atoms with E-state index < -0.39 is 0 Å². The van der Waals surface area contributed by atoms with Crippen LogP contribution in [0.1, 0.15) is 0 Å². The number of nitrogens with zero attached hydrogens (tertiary/aromatic N) is 5. The Morgan fingerprint density at radius 3 is 2.75 bits per heavy atom. The smallest absolute Gasteiger partial charge is 0.343 e. The number of hydrogen-bond donors (Lipinski definition) is 0. The summed E-state index contributed by atoms with van der Waals surface area (Å²) in [5, 5.41) is 5.19. The Labute approximate surface area is 113 Å². The van der Waals surface area contributed by atoms with E-state index in [1.54, 1.807) is 16.9 Å². The van der Waals surface area contributed by atoms with Crippen LogP contribution in [0.15, 0.2) is 54.9 Å². The Balaban J connectivity index is 1.84. The van der Waals surface area contributed by atoms with Crippen LogP contribution in [0.25, 0.3) is 16.8 Å². The molecule has 0 saturated carbocycles. The molecule has 4 aromatic rings. The maximum absolute atomic E-state index is 5.60. The molecular weight excluding hydrogens is 254 g/mol. The van der Waals surface area contributed by atoms with E-state index >= 15 is 0 Å². The van der Waals surface area contributed by atoms with Crippen LogP contribution in [-0.4, -0.2) is 24.6 Å². The third kappa shape index (κ3) is 1.74. The number of rotatable bonds is 2. The lowest BCUT2D eigenvalue weighted by atomic mass is 10.3. The highest BCUT2D eigenvalue weighted by Gasteiger charge is 2.10. The Morgan fingerprint density at radius 2 is 1.85 bits per heavy atom. The molecule has 0 atom stereocenters. The van der Waals surface area contributed by atoms with Crippen LogP contribution in [0.2, 0.25) is 0 Å².